The highest BCUT2D eigenvalue weighted by atomic mass is 14.9. The summed E-state index contributed by atoms with van der Waals surface area (Å²) in [5, 5.41) is 6.85. The van der Waals surface area contributed by atoms with Crippen LogP contribution in [0.4, 0.5) is 17.1 Å². The van der Waals surface area contributed by atoms with E-state index in [1.54, 1.807) is 0 Å². The quantitative estimate of drug-likeness (QED) is 0.668. The van der Waals surface area contributed by atoms with Gasteiger partial charge in [0.25, 0.3) is 0 Å². The van der Waals surface area contributed by atoms with Crippen LogP contribution in [0, 0.1) is 5.92 Å². The molecule has 0 spiro atoms. The molecule has 0 fully saturated rings. The Balaban J connectivity index is 1.81. The van der Waals surface area contributed by atoms with Crippen LogP contribution in [0.15, 0.2) is 54.6 Å². The third-order valence-electron chi connectivity index (χ3n) is 3.23. The number of nitrogens with one attached hydrogen (secondary N) is 2. The number of anilines is 3. The molecule has 2 aromatic carbocycles. The van der Waals surface area contributed by atoms with Crippen molar-refractivity contribution in [2.45, 2.75) is 26.7 Å². The Morgan fingerprint density at radius 1 is 0.800 bits per heavy atom. The van der Waals surface area contributed by atoms with E-state index in [4.69, 9.17) is 0 Å². The first-order valence-electron chi connectivity index (χ1n) is 7.40. The van der Waals surface area contributed by atoms with Crippen LogP contribution in [-0.4, -0.2) is 6.54 Å². The summed E-state index contributed by atoms with van der Waals surface area (Å²) in [5.74, 6) is 0.786. The summed E-state index contributed by atoms with van der Waals surface area (Å²) in [5.41, 5.74) is 3.42. The maximum Gasteiger partial charge on any atom is 0.0385 e. The fourth-order valence-electron chi connectivity index (χ4n) is 2.10. The van der Waals surface area contributed by atoms with Crippen LogP contribution in [0.25, 0.3) is 0 Å². The summed E-state index contributed by atoms with van der Waals surface area (Å²) in [6.07, 6.45) is 2.50. The van der Waals surface area contributed by atoms with E-state index in [-0.39, 0.29) is 0 Å². The lowest BCUT2D eigenvalue weighted by molar-refractivity contribution is 0.567. The van der Waals surface area contributed by atoms with Crippen molar-refractivity contribution in [3.05, 3.63) is 54.6 Å². The highest BCUT2D eigenvalue weighted by Crippen LogP contribution is 2.18. The van der Waals surface area contributed by atoms with E-state index in [1.165, 1.54) is 18.5 Å². The van der Waals surface area contributed by atoms with E-state index in [9.17, 15) is 0 Å². The van der Waals surface area contributed by atoms with Crippen molar-refractivity contribution in [2.75, 3.05) is 17.2 Å². The molecule has 0 bridgehead atoms. The van der Waals surface area contributed by atoms with Gasteiger partial charge in [0.1, 0.15) is 0 Å². The zero-order chi connectivity index (χ0) is 14.2. The second-order valence-corrected chi connectivity index (χ2v) is 5.53. The molecular formula is C18H24N2. The Bertz CT molecular complexity index is 489. The van der Waals surface area contributed by atoms with Crippen LogP contribution in [0.3, 0.4) is 0 Å². The molecule has 2 heteroatoms. The summed E-state index contributed by atoms with van der Waals surface area (Å²) in [4.78, 5) is 0. The van der Waals surface area contributed by atoms with E-state index in [2.05, 4.69) is 60.9 Å². The van der Waals surface area contributed by atoms with Gasteiger partial charge in [0, 0.05) is 23.6 Å². The first-order valence-corrected chi connectivity index (χ1v) is 7.40. The molecule has 0 saturated carbocycles. The predicted octanol–water partition coefficient (Wildman–Crippen LogP) is 5.28. The molecule has 0 aromatic heterocycles. The van der Waals surface area contributed by atoms with Gasteiger partial charge in [-0.2, -0.15) is 0 Å². The van der Waals surface area contributed by atoms with Crippen molar-refractivity contribution in [1.29, 1.82) is 0 Å². The summed E-state index contributed by atoms with van der Waals surface area (Å²) in [6.45, 7) is 5.58. The first-order chi connectivity index (χ1) is 9.74. The van der Waals surface area contributed by atoms with Crippen molar-refractivity contribution < 1.29 is 0 Å². The van der Waals surface area contributed by atoms with Gasteiger partial charge in [-0.1, -0.05) is 32.0 Å². The molecular weight excluding hydrogens is 244 g/mol. The van der Waals surface area contributed by atoms with Crippen LogP contribution >= 0.6 is 0 Å². The normalized spacial score (nSPS) is 10.6. The van der Waals surface area contributed by atoms with Crippen LogP contribution in [0.5, 0.6) is 0 Å². The van der Waals surface area contributed by atoms with Crippen LogP contribution in [-0.2, 0) is 0 Å². The highest BCUT2D eigenvalue weighted by molar-refractivity contribution is 5.62. The topological polar surface area (TPSA) is 24.1 Å². The largest absolute Gasteiger partial charge is 0.385 e. The van der Waals surface area contributed by atoms with Gasteiger partial charge in [0.05, 0.1) is 0 Å². The molecule has 0 aliphatic heterocycles. The third kappa shape index (κ3) is 4.96. The van der Waals surface area contributed by atoms with Crippen molar-refractivity contribution in [3.8, 4) is 0 Å². The smallest absolute Gasteiger partial charge is 0.0385 e. The lowest BCUT2D eigenvalue weighted by atomic mass is 10.1. The lowest BCUT2D eigenvalue weighted by Gasteiger charge is -2.10. The number of hydrogen-bond donors (Lipinski definition) is 2. The molecule has 2 rings (SSSR count). The Hall–Kier alpha value is -1.96. The van der Waals surface area contributed by atoms with Crippen molar-refractivity contribution in [3.63, 3.8) is 0 Å². The highest BCUT2D eigenvalue weighted by Gasteiger charge is 1.96. The average molecular weight is 268 g/mol. The number of para-hydroxylation sites is 1. The monoisotopic (exact) mass is 268 g/mol. The minimum atomic E-state index is 0.786. The summed E-state index contributed by atoms with van der Waals surface area (Å²) in [7, 11) is 0. The van der Waals surface area contributed by atoms with Gasteiger partial charge >= 0.3 is 0 Å². The molecule has 0 radical (unpaired) electrons. The van der Waals surface area contributed by atoms with E-state index < -0.39 is 0 Å². The molecule has 0 aliphatic rings. The molecule has 0 unspecified atom stereocenters. The molecule has 0 aliphatic carbocycles. The second kappa shape index (κ2) is 7.59. The van der Waals surface area contributed by atoms with E-state index in [0.29, 0.717) is 0 Å². The van der Waals surface area contributed by atoms with Crippen molar-refractivity contribution in [2.24, 2.45) is 5.92 Å². The van der Waals surface area contributed by atoms with Gasteiger partial charge in [-0.15, -0.1) is 0 Å². The molecule has 0 heterocycles. The summed E-state index contributed by atoms with van der Waals surface area (Å²) in [6, 6.07) is 18.7. The maximum atomic E-state index is 3.46. The van der Waals surface area contributed by atoms with Crippen LogP contribution < -0.4 is 10.6 Å². The lowest BCUT2D eigenvalue weighted by Crippen LogP contribution is -2.02. The molecule has 2 aromatic rings. The predicted molar refractivity (Wildman–Crippen MR) is 88.7 cm³/mol. The molecule has 20 heavy (non-hydrogen) atoms. The molecule has 0 saturated heterocycles. The van der Waals surface area contributed by atoms with Gasteiger partial charge in [-0.3, -0.25) is 0 Å². The molecule has 0 atom stereocenters. The van der Waals surface area contributed by atoms with Gasteiger partial charge in [0.15, 0.2) is 0 Å². The SMILES string of the molecule is CC(C)CCCNc1ccc(Nc2ccccc2)cc1. The first kappa shape index (κ1) is 14.4. The maximum absolute atomic E-state index is 3.46. The fraction of sp³-hybridized carbons (Fsp3) is 0.333. The van der Waals surface area contributed by atoms with Gasteiger partial charge in [-0.25, -0.2) is 0 Å². The zero-order valence-corrected chi connectivity index (χ0v) is 12.4. The minimum absolute atomic E-state index is 0.786. The second-order valence-electron chi connectivity index (χ2n) is 5.53. The average Bonchev–Trinajstić information content (AvgIpc) is 2.46. The molecule has 0 amide bonds. The Morgan fingerprint density at radius 3 is 2.05 bits per heavy atom. The summed E-state index contributed by atoms with van der Waals surface area (Å²) < 4.78 is 0. The molecule has 2 nitrogen and oxygen atoms in total. The molecule has 106 valence electrons. The Kier molecular flexibility index (Phi) is 5.48. The van der Waals surface area contributed by atoms with E-state index in [1.807, 2.05) is 18.2 Å². The van der Waals surface area contributed by atoms with Crippen LogP contribution in [0.2, 0.25) is 0 Å². The van der Waals surface area contributed by atoms with Crippen molar-refractivity contribution >= 4 is 17.1 Å². The van der Waals surface area contributed by atoms with Crippen molar-refractivity contribution in [1.82, 2.24) is 0 Å². The number of hydrogen-bond acceptors (Lipinski definition) is 2. The Morgan fingerprint density at radius 2 is 1.40 bits per heavy atom. The van der Waals surface area contributed by atoms with E-state index >= 15 is 0 Å². The Labute approximate surface area is 122 Å². The number of benzene rings is 2. The van der Waals surface area contributed by atoms with Gasteiger partial charge in [-0.05, 0) is 55.2 Å². The zero-order valence-electron chi connectivity index (χ0n) is 12.4. The number of rotatable bonds is 7. The standard InChI is InChI=1S/C18H24N2/c1-15(2)7-6-14-19-16-10-12-18(13-11-16)20-17-8-4-3-5-9-17/h3-5,8-13,15,19-20H,6-7,14H2,1-2H3. The van der Waals surface area contributed by atoms with Gasteiger partial charge in [0.2, 0.25) is 0 Å². The third-order valence-corrected chi connectivity index (χ3v) is 3.23. The van der Waals surface area contributed by atoms with Crippen LogP contribution in [0.1, 0.15) is 26.7 Å². The molecule has 2 N–H and O–H groups in total. The van der Waals surface area contributed by atoms with E-state index in [0.717, 1.165) is 23.8 Å². The van der Waals surface area contributed by atoms with Gasteiger partial charge < -0.3 is 10.6 Å². The minimum Gasteiger partial charge on any atom is -0.385 e. The fourth-order valence-corrected chi connectivity index (χ4v) is 2.10. The summed E-state index contributed by atoms with van der Waals surface area (Å²) >= 11 is 0.